The van der Waals surface area contributed by atoms with E-state index in [-0.39, 0.29) is 18.6 Å². The number of nitrogens with zero attached hydrogens (tertiary/aromatic N) is 1. The van der Waals surface area contributed by atoms with Gasteiger partial charge >= 0.3 is 0 Å². The molecule has 29 heavy (non-hydrogen) atoms. The molecule has 0 saturated heterocycles. The van der Waals surface area contributed by atoms with E-state index in [0.29, 0.717) is 11.5 Å². The molecule has 0 aliphatic heterocycles. The van der Waals surface area contributed by atoms with Crippen molar-refractivity contribution in [2.24, 2.45) is 0 Å². The number of fused-ring (bicyclic) bond motifs is 1. The highest BCUT2D eigenvalue weighted by atomic mass is 16.5. The first kappa shape index (κ1) is 20.0. The lowest BCUT2D eigenvalue weighted by molar-refractivity contribution is -0.117. The van der Waals surface area contributed by atoms with E-state index in [0.717, 1.165) is 16.5 Å². The Morgan fingerprint density at radius 3 is 2.66 bits per heavy atom. The monoisotopic (exact) mass is 386 g/mol. The van der Waals surface area contributed by atoms with E-state index in [9.17, 15) is 4.79 Å². The lowest BCUT2D eigenvalue weighted by Crippen LogP contribution is -2.24. The maximum atomic E-state index is 12.3. The second kappa shape index (κ2) is 9.43. The maximum absolute atomic E-state index is 12.3. The summed E-state index contributed by atoms with van der Waals surface area (Å²) in [5.74, 6) is 0.808. The zero-order chi connectivity index (χ0) is 20.6. The lowest BCUT2D eigenvalue weighted by atomic mass is 10.0. The van der Waals surface area contributed by atoms with Crippen molar-refractivity contribution >= 4 is 22.8 Å². The number of benzene rings is 3. The SMILES string of the molecule is COc1cc(C=CC(=O)NC(C)c2ccc3ccccc3c2)ccc1OCC#N. The van der Waals surface area contributed by atoms with E-state index in [4.69, 9.17) is 14.7 Å². The third-order valence-corrected chi connectivity index (χ3v) is 4.54. The molecule has 0 aliphatic carbocycles. The highest BCUT2D eigenvalue weighted by Crippen LogP contribution is 2.28. The van der Waals surface area contributed by atoms with E-state index in [2.05, 4.69) is 29.6 Å². The van der Waals surface area contributed by atoms with Gasteiger partial charge in [0.05, 0.1) is 13.2 Å². The Labute approximate surface area is 170 Å². The van der Waals surface area contributed by atoms with Crippen LogP contribution in [0.5, 0.6) is 11.5 Å². The topological polar surface area (TPSA) is 71.3 Å². The first-order chi connectivity index (χ1) is 14.1. The molecule has 5 heteroatoms. The number of ether oxygens (including phenoxy) is 2. The van der Waals surface area contributed by atoms with Gasteiger partial charge in [0.2, 0.25) is 5.91 Å². The Bertz CT molecular complexity index is 1080. The molecule has 1 unspecified atom stereocenters. The van der Waals surface area contributed by atoms with Crippen LogP contribution in [-0.4, -0.2) is 19.6 Å². The van der Waals surface area contributed by atoms with Crippen molar-refractivity contribution < 1.29 is 14.3 Å². The molecule has 0 fully saturated rings. The van der Waals surface area contributed by atoms with Crippen LogP contribution in [0.3, 0.4) is 0 Å². The number of nitrogens with one attached hydrogen (secondary N) is 1. The summed E-state index contributed by atoms with van der Waals surface area (Å²) >= 11 is 0. The largest absolute Gasteiger partial charge is 0.493 e. The Kier molecular flexibility index (Phi) is 6.49. The molecule has 0 aromatic heterocycles. The number of amides is 1. The van der Waals surface area contributed by atoms with Crippen molar-refractivity contribution in [3.05, 3.63) is 77.9 Å². The van der Waals surface area contributed by atoms with Crippen molar-refractivity contribution in [3.63, 3.8) is 0 Å². The van der Waals surface area contributed by atoms with Crippen LogP contribution >= 0.6 is 0 Å². The van der Waals surface area contributed by atoms with Gasteiger partial charge in [-0.05, 0) is 53.1 Å². The molecule has 0 aliphatic rings. The second-order valence-electron chi connectivity index (χ2n) is 6.53. The molecular formula is C24H22N2O3. The maximum Gasteiger partial charge on any atom is 0.244 e. The van der Waals surface area contributed by atoms with E-state index in [1.807, 2.05) is 31.2 Å². The Morgan fingerprint density at radius 2 is 1.90 bits per heavy atom. The van der Waals surface area contributed by atoms with E-state index < -0.39 is 0 Å². The Balaban J connectivity index is 1.66. The van der Waals surface area contributed by atoms with E-state index in [1.165, 1.54) is 18.6 Å². The first-order valence-corrected chi connectivity index (χ1v) is 9.26. The number of rotatable bonds is 7. The molecule has 0 heterocycles. The first-order valence-electron chi connectivity index (χ1n) is 9.26. The molecule has 0 spiro atoms. The summed E-state index contributed by atoms with van der Waals surface area (Å²) in [7, 11) is 1.53. The van der Waals surface area contributed by atoms with E-state index in [1.54, 1.807) is 24.3 Å². The average molecular weight is 386 g/mol. The summed E-state index contributed by atoms with van der Waals surface area (Å²) in [4.78, 5) is 12.3. The van der Waals surface area contributed by atoms with Gasteiger partial charge in [-0.25, -0.2) is 0 Å². The predicted molar refractivity (Wildman–Crippen MR) is 114 cm³/mol. The van der Waals surface area contributed by atoms with Gasteiger partial charge in [-0.2, -0.15) is 5.26 Å². The van der Waals surface area contributed by atoms with Crippen LogP contribution in [0.15, 0.2) is 66.7 Å². The molecular weight excluding hydrogens is 364 g/mol. The summed E-state index contributed by atoms with van der Waals surface area (Å²) in [5.41, 5.74) is 1.84. The Morgan fingerprint density at radius 1 is 1.10 bits per heavy atom. The van der Waals surface area contributed by atoms with Gasteiger partial charge in [0.1, 0.15) is 6.07 Å². The van der Waals surface area contributed by atoms with E-state index >= 15 is 0 Å². The number of methoxy groups -OCH3 is 1. The third kappa shape index (κ3) is 5.14. The summed E-state index contributed by atoms with van der Waals surface area (Å²) < 4.78 is 10.6. The molecule has 146 valence electrons. The van der Waals surface area contributed by atoms with Gasteiger partial charge in [0.15, 0.2) is 18.1 Å². The number of carbonyl (C=O) groups excluding carboxylic acids is 1. The summed E-state index contributed by atoms with van der Waals surface area (Å²) in [5, 5.41) is 13.9. The van der Waals surface area contributed by atoms with Gasteiger partial charge in [-0.3, -0.25) is 4.79 Å². The smallest absolute Gasteiger partial charge is 0.244 e. The molecule has 1 N–H and O–H groups in total. The van der Waals surface area contributed by atoms with Crippen LogP contribution < -0.4 is 14.8 Å². The average Bonchev–Trinajstić information content (AvgIpc) is 2.76. The number of carbonyl (C=O) groups is 1. The number of hydrogen-bond acceptors (Lipinski definition) is 4. The van der Waals surface area contributed by atoms with Crippen LogP contribution in [-0.2, 0) is 4.79 Å². The van der Waals surface area contributed by atoms with Crippen molar-refractivity contribution in [2.75, 3.05) is 13.7 Å². The Hall–Kier alpha value is -3.78. The molecule has 1 amide bonds. The standard InChI is InChI=1S/C24H22N2O3/c1-17(20-10-9-19-5-3-4-6-21(19)16-20)26-24(27)12-8-18-7-11-22(29-14-13-25)23(15-18)28-2/h3-12,15-17H,14H2,1-2H3,(H,26,27). The summed E-state index contributed by atoms with van der Waals surface area (Å²) in [6, 6.07) is 21.4. The molecule has 0 saturated carbocycles. The van der Waals surface area contributed by atoms with Gasteiger partial charge < -0.3 is 14.8 Å². The van der Waals surface area contributed by atoms with Crippen molar-refractivity contribution in [1.82, 2.24) is 5.32 Å². The summed E-state index contributed by atoms with van der Waals surface area (Å²) in [6.07, 6.45) is 3.20. The van der Waals surface area contributed by atoms with Crippen LogP contribution in [0.4, 0.5) is 0 Å². The quantitative estimate of drug-likeness (QED) is 0.601. The van der Waals surface area contributed by atoms with Gasteiger partial charge in [0, 0.05) is 6.08 Å². The van der Waals surface area contributed by atoms with Gasteiger partial charge in [-0.15, -0.1) is 0 Å². The lowest BCUT2D eigenvalue weighted by Gasteiger charge is -2.14. The second-order valence-corrected chi connectivity index (χ2v) is 6.53. The van der Waals surface area contributed by atoms with Crippen LogP contribution in [0, 0.1) is 11.3 Å². The predicted octanol–water partition coefficient (Wildman–Crippen LogP) is 4.64. The minimum atomic E-state index is -0.186. The van der Waals surface area contributed by atoms with Crippen LogP contribution in [0.1, 0.15) is 24.1 Å². The normalized spacial score (nSPS) is 11.8. The highest BCUT2D eigenvalue weighted by Gasteiger charge is 2.09. The van der Waals surface area contributed by atoms with Gasteiger partial charge in [-0.1, -0.05) is 42.5 Å². The molecule has 0 bridgehead atoms. The minimum absolute atomic E-state index is 0.0549. The fourth-order valence-corrected chi connectivity index (χ4v) is 3.01. The molecule has 3 aromatic carbocycles. The molecule has 3 aromatic rings. The van der Waals surface area contributed by atoms with Crippen molar-refractivity contribution in [3.8, 4) is 17.6 Å². The minimum Gasteiger partial charge on any atom is -0.493 e. The van der Waals surface area contributed by atoms with Crippen molar-refractivity contribution in [1.29, 1.82) is 5.26 Å². The molecule has 5 nitrogen and oxygen atoms in total. The molecule has 0 radical (unpaired) electrons. The summed E-state index contributed by atoms with van der Waals surface area (Å²) in [6.45, 7) is 1.90. The van der Waals surface area contributed by atoms with Crippen LogP contribution in [0.25, 0.3) is 16.8 Å². The van der Waals surface area contributed by atoms with Gasteiger partial charge in [0.25, 0.3) is 0 Å². The highest BCUT2D eigenvalue weighted by molar-refractivity contribution is 5.92. The fourth-order valence-electron chi connectivity index (χ4n) is 3.01. The third-order valence-electron chi connectivity index (χ3n) is 4.54. The van der Waals surface area contributed by atoms with Crippen molar-refractivity contribution in [2.45, 2.75) is 13.0 Å². The zero-order valence-electron chi connectivity index (χ0n) is 16.4. The molecule has 1 atom stereocenters. The van der Waals surface area contributed by atoms with Crippen LogP contribution in [0.2, 0.25) is 0 Å². The number of nitriles is 1. The number of hydrogen-bond donors (Lipinski definition) is 1. The fraction of sp³-hybridized carbons (Fsp3) is 0.167. The zero-order valence-corrected chi connectivity index (χ0v) is 16.4. The molecule has 3 rings (SSSR count).